The number of benzene rings is 1. The fourth-order valence-electron chi connectivity index (χ4n) is 2.25. The van der Waals surface area contributed by atoms with E-state index in [9.17, 15) is 4.39 Å². The van der Waals surface area contributed by atoms with Gasteiger partial charge in [-0.3, -0.25) is 0 Å². The number of nitrogens with zero attached hydrogens (tertiary/aromatic N) is 2. The third-order valence-corrected chi connectivity index (χ3v) is 4.25. The molecule has 1 fully saturated rings. The normalized spacial score (nSPS) is 20.0. The van der Waals surface area contributed by atoms with Crippen molar-refractivity contribution in [3.05, 3.63) is 42.5 Å². The molecule has 1 aliphatic rings. The minimum absolute atomic E-state index is 0.356. The highest BCUT2D eigenvalue weighted by atomic mass is 19.1. The quantitative estimate of drug-likeness (QED) is 0.796. The first kappa shape index (κ1) is 14.3. The lowest BCUT2D eigenvalue weighted by atomic mass is 9.79. The zero-order valence-corrected chi connectivity index (χ0v) is 12.6. The minimum Gasteiger partial charge on any atom is -0.399 e. The molecule has 0 radical (unpaired) electrons. The molecule has 0 saturated carbocycles. The fraction of sp³-hybridized carbons (Fsp3) is 0.400. The Labute approximate surface area is 124 Å². The molecular weight excluding hydrogens is 270 g/mol. The summed E-state index contributed by atoms with van der Waals surface area (Å²) < 4.78 is 27.6. The van der Waals surface area contributed by atoms with Crippen molar-refractivity contribution in [2.75, 3.05) is 0 Å². The second-order valence-corrected chi connectivity index (χ2v) is 6.25. The van der Waals surface area contributed by atoms with Crippen LogP contribution < -0.4 is 5.46 Å². The van der Waals surface area contributed by atoms with Crippen LogP contribution in [-0.4, -0.2) is 28.1 Å². The summed E-state index contributed by atoms with van der Waals surface area (Å²) in [6, 6.07) is 6.69. The minimum atomic E-state index is -0.559. The third kappa shape index (κ3) is 2.38. The maximum absolute atomic E-state index is 14.3. The maximum Gasteiger partial charge on any atom is 0.494 e. The molecule has 1 aromatic heterocycles. The molecule has 0 atom stereocenters. The average Bonchev–Trinajstić information content (AvgIpc) is 2.96. The van der Waals surface area contributed by atoms with Gasteiger partial charge in [0.15, 0.2) is 0 Å². The Bertz CT molecular complexity index is 640. The Morgan fingerprint density at radius 3 is 2.33 bits per heavy atom. The molecule has 0 aliphatic carbocycles. The molecule has 110 valence electrons. The maximum atomic E-state index is 14.3. The molecule has 4 nitrogen and oxygen atoms in total. The van der Waals surface area contributed by atoms with Crippen LogP contribution in [0.2, 0.25) is 0 Å². The van der Waals surface area contributed by atoms with Gasteiger partial charge in [0, 0.05) is 12.4 Å². The molecule has 1 aromatic carbocycles. The lowest BCUT2D eigenvalue weighted by molar-refractivity contribution is 0.00578. The topological polar surface area (TPSA) is 36.3 Å². The van der Waals surface area contributed by atoms with Crippen molar-refractivity contribution in [2.24, 2.45) is 0 Å². The molecule has 2 aromatic rings. The van der Waals surface area contributed by atoms with Crippen LogP contribution in [0.3, 0.4) is 0 Å². The Morgan fingerprint density at radius 1 is 1.14 bits per heavy atom. The van der Waals surface area contributed by atoms with E-state index in [1.54, 1.807) is 24.5 Å². The standard InChI is InChI=1S/C15H18BFN2O2/c1-14(2)15(3,4)21-16(20-14)11-6-7-13(12(17)10-11)19-9-5-8-18-19/h5-10H,1-4H3. The summed E-state index contributed by atoms with van der Waals surface area (Å²) in [5.41, 5.74) is 0.200. The van der Waals surface area contributed by atoms with Crippen molar-refractivity contribution in [3.8, 4) is 5.69 Å². The second-order valence-electron chi connectivity index (χ2n) is 6.25. The average molecular weight is 288 g/mol. The van der Waals surface area contributed by atoms with Gasteiger partial charge in [-0.1, -0.05) is 6.07 Å². The van der Waals surface area contributed by atoms with Gasteiger partial charge < -0.3 is 9.31 Å². The van der Waals surface area contributed by atoms with Crippen molar-refractivity contribution in [3.63, 3.8) is 0 Å². The molecule has 3 rings (SSSR count). The smallest absolute Gasteiger partial charge is 0.399 e. The van der Waals surface area contributed by atoms with Crippen molar-refractivity contribution >= 4 is 12.6 Å². The van der Waals surface area contributed by atoms with Crippen LogP contribution in [0.15, 0.2) is 36.7 Å². The van der Waals surface area contributed by atoms with Crippen molar-refractivity contribution in [2.45, 2.75) is 38.9 Å². The Kier molecular flexibility index (Phi) is 3.18. The zero-order valence-electron chi connectivity index (χ0n) is 12.6. The molecule has 0 bridgehead atoms. The Morgan fingerprint density at radius 2 is 1.81 bits per heavy atom. The highest BCUT2D eigenvalue weighted by molar-refractivity contribution is 6.62. The van der Waals surface area contributed by atoms with Crippen LogP contribution in [0, 0.1) is 5.82 Å². The van der Waals surface area contributed by atoms with Gasteiger partial charge in [-0.05, 0) is 51.4 Å². The number of hydrogen-bond donors (Lipinski definition) is 0. The number of rotatable bonds is 2. The van der Waals surface area contributed by atoms with Gasteiger partial charge in [0.2, 0.25) is 0 Å². The highest BCUT2D eigenvalue weighted by Crippen LogP contribution is 2.36. The summed E-state index contributed by atoms with van der Waals surface area (Å²) in [6.45, 7) is 7.89. The first-order chi connectivity index (χ1) is 9.80. The van der Waals surface area contributed by atoms with E-state index in [1.807, 2.05) is 33.8 Å². The molecule has 1 aliphatic heterocycles. The number of aromatic nitrogens is 2. The summed E-state index contributed by atoms with van der Waals surface area (Å²) in [5, 5.41) is 4.03. The van der Waals surface area contributed by atoms with Gasteiger partial charge in [-0.2, -0.15) is 5.10 Å². The summed E-state index contributed by atoms with van der Waals surface area (Å²) in [5.74, 6) is -0.356. The van der Waals surface area contributed by atoms with Gasteiger partial charge in [-0.25, -0.2) is 9.07 Å². The van der Waals surface area contributed by atoms with E-state index in [2.05, 4.69) is 5.10 Å². The van der Waals surface area contributed by atoms with E-state index in [-0.39, 0.29) is 5.82 Å². The predicted molar refractivity (Wildman–Crippen MR) is 79.2 cm³/mol. The number of hydrogen-bond acceptors (Lipinski definition) is 3. The van der Waals surface area contributed by atoms with Gasteiger partial charge in [-0.15, -0.1) is 0 Å². The molecule has 21 heavy (non-hydrogen) atoms. The van der Waals surface area contributed by atoms with Crippen LogP contribution >= 0.6 is 0 Å². The molecule has 0 amide bonds. The fourth-order valence-corrected chi connectivity index (χ4v) is 2.25. The van der Waals surface area contributed by atoms with E-state index in [0.29, 0.717) is 11.2 Å². The molecule has 0 unspecified atom stereocenters. The predicted octanol–water partition coefficient (Wildman–Crippen LogP) is 2.31. The van der Waals surface area contributed by atoms with Gasteiger partial charge in [0.1, 0.15) is 11.5 Å². The van der Waals surface area contributed by atoms with Crippen molar-refractivity contribution in [1.82, 2.24) is 9.78 Å². The Balaban J connectivity index is 1.90. The SMILES string of the molecule is CC1(C)OB(c2ccc(-n3cccn3)c(F)c2)OC1(C)C. The summed E-state index contributed by atoms with van der Waals surface area (Å²) in [6.07, 6.45) is 3.31. The first-order valence-corrected chi connectivity index (χ1v) is 6.95. The summed E-state index contributed by atoms with van der Waals surface area (Å²) in [7, 11) is -0.559. The largest absolute Gasteiger partial charge is 0.494 e. The van der Waals surface area contributed by atoms with Crippen molar-refractivity contribution < 1.29 is 13.7 Å². The van der Waals surface area contributed by atoms with Crippen LogP contribution in [0.1, 0.15) is 27.7 Å². The molecule has 0 N–H and O–H groups in total. The third-order valence-electron chi connectivity index (χ3n) is 4.25. The first-order valence-electron chi connectivity index (χ1n) is 6.95. The van der Waals surface area contributed by atoms with E-state index >= 15 is 0 Å². The highest BCUT2D eigenvalue weighted by Gasteiger charge is 2.51. The lowest BCUT2D eigenvalue weighted by Gasteiger charge is -2.32. The molecule has 1 saturated heterocycles. The molecule has 2 heterocycles. The summed E-state index contributed by atoms with van der Waals surface area (Å²) >= 11 is 0. The molecule has 6 heteroatoms. The lowest BCUT2D eigenvalue weighted by Crippen LogP contribution is -2.41. The van der Waals surface area contributed by atoms with E-state index < -0.39 is 18.3 Å². The van der Waals surface area contributed by atoms with E-state index in [1.165, 1.54) is 10.7 Å². The zero-order chi connectivity index (χ0) is 15.3. The molecular formula is C15H18BFN2O2. The second kappa shape index (κ2) is 4.68. The van der Waals surface area contributed by atoms with Crippen LogP contribution in [0.5, 0.6) is 0 Å². The van der Waals surface area contributed by atoms with Crippen LogP contribution in [0.25, 0.3) is 5.69 Å². The Hall–Kier alpha value is -1.66. The van der Waals surface area contributed by atoms with Crippen molar-refractivity contribution in [1.29, 1.82) is 0 Å². The summed E-state index contributed by atoms with van der Waals surface area (Å²) in [4.78, 5) is 0. The number of halogens is 1. The van der Waals surface area contributed by atoms with Gasteiger partial charge >= 0.3 is 7.12 Å². The van der Waals surface area contributed by atoms with Crippen LogP contribution in [-0.2, 0) is 9.31 Å². The van der Waals surface area contributed by atoms with E-state index in [0.717, 1.165) is 0 Å². The van der Waals surface area contributed by atoms with Gasteiger partial charge in [0.25, 0.3) is 0 Å². The monoisotopic (exact) mass is 288 g/mol. The van der Waals surface area contributed by atoms with E-state index in [4.69, 9.17) is 9.31 Å². The van der Waals surface area contributed by atoms with Crippen LogP contribution in [0.4, 0.5) is 4.39 Å². The molecule has 0 spiro atoms. The van der Waals surface area contributed by atoms with Gasteiger partial charge in [0.05, 0.1) is 11.2 Å².